The highest BCUT2D eigenvalue weighted by atomic mass is 16.5. The Labute approximate surface area is 152 Å². The molecule has 1 aromatic carbocycles. The average molecular weight is 345 g/mol. The van der Waals surface area contributed by atoms with Crippen LogP contribution >= 0.6 is 0 Å². The quantitative estimate of drug-likeness (QED) is 0.656. The first-order valence-corrected chi connectivity index (χ1v) is 9.68. The summed E-state index contributed by atoms with van der Waals surface area (Å²) in [5.41, 5.74) is 1.45. The molecule has 0 radical (unpaired) electrons. The number of benzene rings is 1. The highest BCUT2D eigenvalue weighted by Crippen LogP contribution is 2.26. The van der Waals surface area contributed by atoms with E-state index < -0.39 is 0 Å². The Bertz CT molecular complexity index is 542. The second-order valence-corrected chi connectivity index (χ2v) is 7.03. The lowest BCUT2D eigenvalue weighted by Crippen LogP contribution is -2.45. The number of hydrogen-bond donors (Lipinski definition) is 1. The Morgan fingerprint density at radius 2 is 2.00 bits per heavy atom. The first-order chi connectivity index (χ1) is 12.3. The second kappa shape index (κ2) is 9.20. The fourth-order valence-electron chi connectivity index (χ4n) is 3.73. The van der Waals surface area contributed by atoms with E-state index in [1.54, 1.807) is 0 Å². The van der Waals surface area contributed by atoms with Crippen molar-refractivity contribution in [3.8, 4) is 0 Å². The lowest BCUT2D eigenvalue weighted by Gasteiger charge is -2.31. The minimum Gasteiger partial charge on any atom is -0.379 e. The van der Waals surface area contributed by atoms with Crippen molar-refractivity contribution in [2.24, 2.45) is 4.99 Å². The van der Waals surface area contributed by atoms with Gasteiger partial charge in [-0.1, -0.05) is 30.3 Å². The first kappa shape index (κ1) is 18.2. The maximum Gasteiger partial charge on any atom is 0.193 e. The summed E-state index contributed by atoms with van der Waals surface area (Å²) < 4.78 is 5.45. The van der Waals surface area contributed by atoms with Crippen LogP contribution in [0, 0.1) is 0 Å². The zero-order chi connectivity index (χ0) is 17.5. The van der Waals surface area contributed by atoms with Crippen molar-refractivity contribution in [1.82, 2.24) is 15.1 Å². The number of hydrogen-bond acceptors (Lipinski definition) is 3. The average Bonchev–Trinajstić information content (AvgIpc) is 3.16. The fraction of sp³-hybridized carbons (Fsp3) is 0.650. The van der Waals surface area contributed by atoms with Crippen LogP contribution in [0.1, 0.15) is 31.7 Å². The second-order valence-electron chi connectivity index (χ2n) is 7.03. The molecule has 0 amide bonds. The van der Waals surface area contributed by atoms with Crippen LogP contribution in [0.2, 0.25) is 0 Å². The summed E-state index contributed by atoms with van der Waals surface area (Å²) in [5.74, 6) is 1.68. The van der Waals surface area contributed by atoms with Gasteiger partial charge in [0.25, 0.3) is 0 Å². The van der Waals surface area contributed by atoms with Gasteiger partial charge in [-0.3, -0.25) is 9.89 Å². The normalized spacial score (nSPS) is 23.7. The molecule has 3 rings (SSSR count). The molecule has 0 bridgehead atoms. The van der Waals surface area contributed by atoms with E-state index in [-0.39, 0.29) is 0 Å². The van der Waals surface area contributed by atoms with E-state index in [4.69, 9.17) is 9.73 Å². The number of guanidine groups is 1. The lowest BCUT2D eigenvalue weighted by molar-refractivity contribution is 0.0220. The maximum atomic E-state index is 5.45. The Balaban J connectivity index is 1.58. The molecular formula is C20H32N4O. The molecule has 1 N–H and O–H groups in total. The first-order valence-electron chi connectivity index (χ1n) is 9.68. The van der Waals surface area contributed by atoms with E-state index in [0.717, 1.165) is 58.4 Å². The number of ether oxygens (including phenoxy) is 1. The van der Waals surface area contributed by atoms with E-state index >= 15 is 0 Å². The molecule has 2 fully saturated rings. The minimum absolute atomic E-state index is 0.463. The van der Waals surface area contributed by atoms with E-state index in [2.05, 4.69) is 59.3 Å². The molecule has 0 aromatic heterocycles. The third-order valence-corrected chi connectivity index (χ3v) is 5.27. The van der Waals surface area contributed by atoms with Crippen molar-refractivity contribution >= 4 is 5.96 Å². The van der Waals surface area contributed by atoms with E-state index in [1.807, 2.05) is 0 Å². The summed E-state index contributed by atoms with van der Waals surface area (Å²) in [6.45, 7) is 12.0. The molecular weight excluding hydrogens is 312 g/mol. The Hall–Kier alpha value is -1.59. The van der Waals surface area contributed by atoms with Crippen LogP contribution in [0.5, 0.6) is 0 Å². The standard InChI is InChI=1S/C20H32N4O/c1-3-21-20(22-15-17(2)23-11-13-25-14-12-23)24-10-9-19(16-24)18-7-5-4-6-8-18/h4-8,17,19H,3,9-16H2,1-2H3,(H,21,22). The molecule has 5 heteroatoms. The van der Waals surface area contributed by atoms with Gasteiger partial charge in [-0.25, -0.2) is 0 Å². The summed E-state index contributed by atoms with van der Waals surface area (Å²) in [7, 11) is 0. The van der Waals surface area contributed by atoms with Gasteiger partial charge in [0.15, 0.2) is 5.96 Å². The van der Waals surface area contributed by atoms with Gasteiger partial charge in [-0.2, -0.15) is 0 Å². The number of morpholine rings is 1. The number of likely N-dealkylation sites (tertiary alicyclic amines) is 1. The van der Waals surface area contributed by atoms with Crippen molar-refractivity contribution in [3.05, 3.63) is 35.9 Å². The Kier molecular flexibility index (Phi) is 6.70. The van der Waals surface area contributed by atoms with Crippen molar-refractivity contribution in [1.29, 1.82) is 0 Å². The van der Waals surface area contributed by atoms with Gasteiger partial charge in [0.2, 0.25) is 0 Å². The third-order valence-electron chi connectivity index (χ3n) is 5.27. The largest absolute Gasteiger partial charge is 0.379 e. The number of rotatable bonds is 5. The molecule has 2 unspecified atom stereocenters. The van der Waals surface area contributed by atoms with E-state index in [1.165, 1.54) is 12.0 Å². The predicted molar refractivity (Wildman–Crippen MR) is 103 cm³/mol. The lowest BCUT2D eigenvalue weighted by atomic mass is 9.99. The Morgan fingerprint density at radius 1 is 1.24 bits per heavy atom. The smallest absolute Gasteiger partial charge is 0.193 e. The molecule has 2 aliphatic heterocycles. The zero-order valence-corrected chi connectivity index (χ0v) is 15.7. The van der Waals surface area contributed by atoms with Gasteiger partial charge < -0.3 is 15.0 Å². The zero-order valence-electron chi connectivity index (χ0n) is 15.7. The maximum absolute atomic E-state index is 5.45. The van der Waals surface area contributed by atoms with Gasteiger partial charge in [0, 0.05) is 44.7 Å². The monoisotopic (exact) mass is 344 g/mol. The summed E-state index contributed by atoms with van der Waals surface area (Å²) in [4.78, 5) is 9.85. The molecule has 2 heterocycles. The van der Waals surface area contributed by atoms with E-state index in [0.29, 0.717) is 12.0 Å². The molecule has 2 atom stereocenters. The topological polar surface area (TPSA) is 40.1 Å². The predicted octanol–water partition coefficient (Wildman–Crippen LogP) is 2.16. The van der Waals surface area contributed by atoms with Gasteiger partial charge in [0.05, 0.1) is 19.8 Å². The summed E-state index contributed by atoms with van der Waals surface area (Å²) in [5, 5.41) is 3.49. The van der Waals surface area contributed by atoms with Crippen molar-refractivity contribution < 1.29 is 4.74 Å². The highest BCUT2D eigenvalue weighted by Gasteiger charge is 2.26. The highest BCUT2D eigenvalue weighted by molar-refractivity contribution is 5.80. The number of nitrogens with zero attached hydrogens (tertiary/aromatic N) is 3. The summed E-state index contributed by atoms with van der Waals surface area (Å²) >= 11 is 0. The molecule has 2 aliphatic rings. The van der Waals surface area contributed by atoms with Crippen molar-refractivity contribution in [2.45, 2.75) is 32.2 Å². The van der Waals surface area contributed by atoms with Gasteiger partial charge in [-0.05, 0) is 25.8 Å². The van der Waals surface area contributed by atoms with Crippen LogP contribution in [0.4, 0.5) is 0 Å². The van der Waals surface area contributed by atoms with Crippen LogP contribution in [-0.2, 0) is 4.74 Å². The molecule has 25 heavy (non-hydrogen) atoms. The van der Waals surface area contributed by atoms with Crippen LogP contribution in [0.15, 0.2) is 35.3 Å². The molecule has 138 valence electrons. The Morgan fingerprint density at radius 3 is 2.72 bits per heavy atom. The van der Waals surface area contributed by atoms with Crippen LogP contribution in [0.3, 0.4) is 0 Å². The minimum atomic E-state index is 0.463. The van der Waals surface area contributed by atoms with Gasteiger partial charge >= 0.3 is 0 Å². The molecule has 0 aliphatic carbocycles. The summed E-state index contributed by atoms with van der Waals surface area (Å²) in [6, 6.07) is 11.3. The van der Waals surface area contributed by atoms with Gasteiger partial charge in [0.1, 0.15) is 0 Å². The molecule has 5 nitrogen and oxygen atoms in total. The van der Waals surface area contributed by atoms with Crippen molar-refractivity contribution in [2.75, 3.05) is 52.5 Å². The van der Waals surface area contributed by atoms with Crippen LogP contribution in [0.25, 0.3) is 0 Å². The fourth-order valence-corrected chi connectivity index (χ4v) is 3.73. The SMILES string of the molecule is CCNC(=NCC(C)N1CCOCC1)N1CCC(c2ccccc2)C1. The van der Waals surface area contributed by atoms with Crippen molar-refractivity contribution in [3.63, 3.8) is 0 Å². The van der Waals surface area contributed by atoms with E-state index in [9.17, 15) is 0 Å². The van der Waals surface area contributed by atoms with Crippen LogP contribution in [-0.4, -0.2) is 74.3 Å². The van der Waals surface area contributed by atoms with Gasteiger partial charge in [-0.15, -0.1) is 0 Å². The molecule has 1 aromatic rings. The summed E-state index contributed by atoms with van der Waals surface area (Å²) in [6.07, 6.45) is 1.20. The molecule has 0 spiro atoms. The number of nitrogens with one attached hydrogen (secondary N) is 1. The van der Waals surface area contributed by atoms with Crippen LogP contribution < -0.4 is 5.32 Å². The number of aliphatic imine (C=N–C) groups is 1. The molecule has 0 saturated carbocycles. The molecule has 2 saturated heterocycles. The third kappa shape index (κ3) is 4.95.